The van der Waals surface area contributed by atoms with Gasteiger partial charge in [-0.1, -0.05) is 0 Å². The van der Waals surface area contributed by atoms with Gasteiger partial charge in [-0.15, -0.1) is 0 Å². The Morgan fingerprint density at radius 3 is 2.40 bits per heavy atom. The van der Waals surface area contributed by atoms with Crippen LogP contribution in [0, 0.1) is 5.92 Å². The monoisotopic (exact) mass is 366 g/mol. The number of rotatable bonds is 3. The molecule has 3 rings (SSSR count). The van der Waals surface area contributed by atoms with E-state index in [-0.39, 0.29) is 29.9 Å². The van der Waals surface area contributed by atoms with Gasteiger partial charge in [-0.05, 0) is 49.9 Å². The topological polar surface area (TPSA) is 95.0 Å². The van der Waals surface area contributed by atoms with E-state index in [1.807, 2.05) is 6.92 Å². The van der Waals surface area contributed by atoms with Crippen LogP contribution in [0.25, 0.3) is 0 Å². The van der Waals surface area contributed by atoms with E-state index in [9.17, 15) is 18.0 Å². The molecule has 0 spiro atoms. The molecule has 0 aromatic heterocycles. The summed E-state index contributed by atoms with van der Waals surface area (Å²) in [6.45, 7) is 3.87. The number of nitrogens with zero attached hydrogens (tertiary/aromatic N) is 2. The van der Waals surface area contributed by atoms with E-state index >= 15 is 0 Å². The SMILES string of the molecule is CC(=O)N1c2ccc(S(=O)(=O)N3CCC(C(=O)O)CC3)cc2C[C@H]1C. The van der Waals surface area contributed by atoms with Crippen molar-refractivity contribution >= 4 is 27.6 Å². The second kappa shape index (κ2) is 6.42. The van der Waals surface area contributed by atoms with Crippen LogP contribution >= 0.6 is 0 Å². The van der Waals surface area contributed by atoms with Crippen molar-refractivity contribution in [1.82, 2.24) is 4.31 Å². The van der Waals surface area contributed by atoms with Crippen molar-refractivity contribution in [3.05, 3.63) is 23.8 Å². The van der Waals surface area contributed by atoms with Crippen molar-refractivity contribution in [2.75, 3.05) is 18.0 Å². The van der Waals surface area contributed by atoms with Crippen LogP contribution in [0.15, 0.2) is 23.1 Å². The number of benzene rings is 1. The van der Waals surface area contributed by atoms with E-state index in [0.29, 0.717) is 19.3 Å². The van der Waals surface area contributed by atoms with Crippen LogP contribution in [0.3, 0.4) is 0 Å². The fraction of sp³-hybridized carbons (Fsp3) is 0.529. The van der Waals surface area contributed by atoms with Crippen molar-refractivity contribution in [1.29, 1.82) is 0 Å². The average molecular weight is 366 g/mol. The molecule has 1 fully saturated rings. The van der Waals surface area contributed by atoms with Crippen LogP contribution in [-0.2, 0) is 26.0 Å². The maximum atomic E-state index is 12.9. The van der Waals surface area contributed by atoms with Crippen LogP contribution in [0.1, 0.15) is 32.3 Å². The molecule has 2 aliphatic heterocycles. The number of carboxylic acid groups (broad SMARTS) is 1. The summed E-state index contributed by atoms with van der Waals surface area (Å²) in [4.78, 5) is 24.7. The number of fused-ring (bicyclic) bond motifs is 1. The highest BCUT2D eigenvalue weighted by Crippen LogP contribution is 2.35. The molecule has 1 aromatic carbocycles. The zero-order valence-corrected chi connectivity index (χ0v) is 15.1. The third kappa shape index (κ3) is 3.16. The Labute approximate surface area is 147 Å². The Hall–Kier alpha value is -1.93. The number of sulfonamides is 1. The summed E-state index contributed by atoms with van der Waals surface area (Å²) in [6, 6.07) is 4.88. The van der Waals surface area contributed by atoms with Crippen molar-refractivity contribution in [3.8, 4) is 0 Å². The third-order valence-electron chi connectivity index (χ3n) is 5.05. The first-order chi connectivity index (χ1) is 11.7. The Balaban J connectivity index is 1.84. The molecule has 8 heteroatoms. The molecule has 0 bridgehead atoms. The molecule has 1 N–H and O–H groups in total. The van der Waals surface area contributed by atoms with Crippen molar-refractivity contribution in [2.45, 2.75) is 44.0 Å². The standard InChI is InChI=1S/C17H22N2O5S/c1-11-9-14-10-15(3-4-16(14)19(11)12(2)20)25(23,24)18-7-5-13(6-8-18)17(21)22/h3-4,10-11,13H,5-9H2,1-2H3,(H,21,22)/t11-/m1/s1. The lowest BCUT2D eigenvalue weighted by Crippen LogP contribution is -2.40. The lowest BCUT2D eigenvalue weighted by molar-refractivity contribution is -0.142. The molecule has 25 heavy (non-hydrogen) atoms. The number of anilines is 1. The smallest absolute Gasteiger partial charge is 0.306 e. The minimum Gasteiger partial charge on any atom is -0.481 e. The quantitative estimate of drug-likeness (QED) is 0.874. The van der Waals surface area contributed by atoms with Gasteiger partial charge < -0.3 is 10.0 Å². The molecule has 0 radical (unpaired) electrons. The van der Waals surface area contributed by atoms with E-state index in [0.717, 1.165) is 11.3 Å². The van der Waals surface area contributed by atoms with Gasteiger partial charge in [0.2, 0.25) is 15.9 Å². The second-order valence-corrected chi connectivity index (χ2v) is 8.69. The van der Waals surface area contributed by atoms with Gasteiger partial charge in [-0.3, -0.25) is 9.59 Å². The van der Waals surface area contributed by atoms with Gasteiger partial charge in [0.1, 0.15) is 0 Å². The van der Waals surface area contributed by atoms with E-state index in [4.69, 9.17) is 5.11 Å². The molecule has 2 heterocycles. The molecule has 0 saturated carbocycles. The lowest BCUT2D eigenvalue weighted by atomic mass is 9.99. The summed E-state index contributed by atoms with van der Waals surface area (Å²) in [6.07, 6.45) is 1.28. The highest BCUT2D eigenvalue weighted by atomic mass is 32.2. The van der Waals surface area contributed by atoms with Crippen LogP contribution < -0.4 is 4.90 Å². The molecule has 0 unspecified atom stereocenters. The summed E-state index contributed by atoms with van der Waals surface area (Å²) < 4.78 is 27.1. The Bertz CT molecular complexity index is 812. The van der Waals surface area contributed by atoms with Gasteiger partial charge in [0.05, 0.1) is 10.8 Å². The Morgan fingerprint density at radius 2 is 1.84 bits per heavy atom. The summed E-state index contributed by atoms with van der Waals surface area (Å²) in [5.41, 5.74) is 1.62. The van der Waals surface area contributed by atoms with Crippen molar-refractivity contribution < 1.29 is 23.1 Å². The number of hydrogen-bond donors (Lipinski definition) is 1. The fourth-order valence-electron chi connectivity index (χ4n) is 3.74. The van der Waals surface area contributed by atoms with Crippen LogP contribution in [0.4, 0.5) is 5.69 Å². The van der Waals surface area contributed by atoms with Gasteiger partial charge >= 0.3 is 5.97 Å². The number of piperidine rings is 1. The van der Waals surface area contributed by atoms with Crippen LogP contribution in [0.5, 0.6) is 0 Å². The zero-order chi connectivity index (χ0) is 18.4. The van der Waals surface area contributed by atoms with Crippen LogP contribution in [0.2, 0.25) is 0 Å². The zero-order valence-electron chi connectivity index (χ0n) is 14.3. The average Bonchev–Trinajstić information content (AvgIpc) is 2.89. The first-order valence-corrected chi connectivity index (χ1v) is 9.81. The normalized spacial score (nSPS) is 22.0. The number of carbonyl (C=O) groups is 2. The highest BCUT2D eigenvalue weighted by Gasteiger charge is 2.34. The molecule has 136 valence electrons. The maximum Gasteiger partial charge on any atom is 0.306 e. The van der Waals surface area contributed by atoms with E-state index in [2.05, 4.69) is 0 Å². The number of carbonyl (C=O) groups excluding carboxylic acids is 1. The van der Waals surface area contributed by atoms with Gasteiger partial charge in [-0.25, -0.2) is 8.42 Å². The van der Waals surface area contributed by atoms with E-state index in [1.54, 1.807) is 17.0 Å². The molecule has 2 aliphatic rings. The molecular weight excluding hydrogens is 344 g/mol. The van der Waals surface area contributed by atoms with Gasteiger partial charge in [-0.2, -0.15) is 4.31 Å². The number of carboxylic acids is 1. The molecule has 1 saturated heterocycles. The first-order valence-electron chi connectivity index (χ1n) is 8.37. The van der Waals surface area contributed by atoms with Gasteiger partial charge in [0.25, 0.3) is 0 Å². The van der Waals surface area contributed by atoms with Gasteiger partial charge in [0.15, 0.2) is 0 Å². The van der Waals surface area contributed by atoms with Gasteiger partial charge in [0, 0.05) is 31.7 Å². The Kier molecular flexibility index (Phi) is 4.59. The summed E-state index contributed by atoms with van der Waals surface area (Å²) in [7, 11) is -3.65. The molecule has 0 aliphatic carbocycles. The highest BCUT2D eigenvalue weighted by molar-refractivity contribution is 7.89. The summed E-state index contributed by atoms with van der Waals surface area (Å²) >= 11 is 0. The lowest BCUT2D eigenvalue weighted by Gasteiger charge is -2.29. The molecule has 1 atom stereocenters. The number of aliphatic carboxylic acids is 1. The molecule has 1 aromatic rings. The number of amides is 1. The molecule has 7 nitrogen and oxygen atoms in total. The second-order valence-electron chi connectivity index (χ2n) is 6.75. The maximum absolute atomic E-state index is 12.9. The van der Waals surface area contributed by atoms with E-state index in [1.165, 1.54) is 17.3 Å². The summed E-state index contributed by atoms with van der Waals surface area (Å²) in [5, 5.41) is 9.04. The van der Waals surface area contributed by atoms with Crippen LogP contribution in [-0.4, -0.2) is 48.8 Å². The molecular formula is C17H22N2O5S. The Morgan fingerprint density at radius 1 is 1.20 bits per heavy atom. The summed E-state index contributed by atoms with van der Waals surface area (Å²) in [5.74, 6) is -1.40. The minimum atomic E-state index is -3.65. The predicted octanol–water partition coefficient (Wildman–Crippen LogP) is 1.47. The minimum absolute atomic E-state index is 0.0109. The fourth-order valence-corrected chi connectivity index (χ4v) is 5.26. The third-order valence-corrected chi connectivity index (χ3v) is 6.94. The number of hydrogen-bond acceptors (Lipinski definition) is 4. The molecule has 1 amide bonds. The van der Waals surface area contributed by atoms with Crippen molar-refractivity contribution in [2.24, 2.45) is 5.92 Å². The predicted molar refractivity (Wildman–Crippen MR) is 91.9 cm³/mol. The van der Waals surface area contributed by atoms with E-state index < -0.39 is 21.9 Å². The van der Waals surface area contributed by atoms with Crippen molar-refractivity contribution in [3.63, 3.8) is 0 Å². The first kappa shape index (κ1) is 17.9. The largest absolute Gasteiger partial charge is 0.481 e.